The second-order valence-electron chi connectivity index (χ2n) is 6.09. The molecule has 1 aromatic carbocycles. The van der Waals surface area contributed by atoms with Gasteiger partial charge in [0.25, 0.3) is 5.69 Å². The first-order valence-corrected chi connectivity index (χ1v) is 6.96. The van der Waals surface area contributed by atoms with Crippen LogP contribution in [0.1, 0.15) is 43.0 Å². The highest BCUT2D eigenvalue weighted by atomic mass is 16.6. The second kappa shape index (κ2) is 4.58. The van der Waals surface area contributed by atoms with Crippen molar-refractivity contribution in [2.45, 2.75) is 38.2 Å². The van der Waals surface area contributed by atoms with E-state index in [0.717, 1.165) is 19.3 Å². The molecule has 2 fully saturated rings. The van der Waals surface area contributed by atoms with E-state index in [-0.39, 0.29) is 17.3 Å². The smallest absolute Gasteiger partial charge is 0.338 e. The van der Waals surface area contributed by atoms with Crippen LogP contribution in [0.2, 0.25) is 0 Å². The molecule has 0 unspecified atom stereocenters. The Morgan fingerprint density at radius 2 is 2.05 bits per heavy atom. The molecule has 2 aliphatic carbocycles. The third kappa shape index (κ3) is 2.17. The number of esters is 1. The predicted octanol–water partition coefficient (Wildman–Crippen LogP) is 3.33. The second-order valence-corrected chi connectivity index (χ2v) is 6.09. The van der Waals surface area contributed by atoms with E-state index in [1.807, 2.05) is 6.92 Å². The molecule has 106 valence electrons. The average Bonchev–Trinajstić information content (AvgIpc) is 2.98. The molecule has 0 amide bonds. The van der Waals surface area contributed by atoms with Gasteiger partial charge in [-0.2, -0.15) is 0 Å². The molecule has 3 atom stereocenters. The number of non-ortho nitro benzene ring substituents is 1. The van der Waals surface area contributed by atoms with Crippen LogP contribution in [-0.4, -0.2) is 16.5 Å². The van der Waals surface area contributed by atoms with Gasteiger partial charge in [-0.1, -0.05) is 0 Å². The third-order valence-corrected chi connectivity index (χ3v) is 4.74. The number of nitro groups is 1. The summed E-state index contributed by atoms with van der Waals surface area (Å²) in [5.41, 5.74) is -0.00538. The number of hydrogen-bond acceptors (Lipinski definition) is 4. The van der Waals surface area contributed by atoms with Crippen LogP contribution in [0.25, 0.3) is 0 Å². The lowest BCUT2D eigenvalue weighted by atomic mass is 9.85. The predicted molar refractivity (Wildman–Crippen MR) is 72.4 cm³/mol. The summed E-state index contributed by atoms with van der Waals surface area (Å²) in [7, 11) is 0. The Bertz CT molecular complexity index is 553. The quantitative estimate of drug-likeness (QED) is 0.482. The Hall–Kier alpha value is -1.91. The molecule has 0 spiro atoms. The van der Waals surface area contributed by atoms with Gasteiger partial charge >= 0.3 is 5.97 Å². The van der Waals surface area contributed by atoms with Crippen LogP contribution in [0.15, 0.2) is 24.3 Å². The van der Waals surface area contributed by atoms with Crippen molar-refractivity contribution in [2.24, 2.45) is 11.8 Å². The monoisotopic (exact) mass is 275 g/mol. The Kier molecular flexibility index (Phi) is 3.00. The SMILES string of the molecule is C[C@@]1(OC(=O)c2ccc([N+](=O)[O-])cc2)C[C@H]2CC[C@@H]1C2. The van der Waals surface area contributed by atoms with Crippen LogP contribution in [0.5, 0.6) is 0 Å². The molecule has 0 heterocycles. The lowest BCUT2D eigenvalue weighted by molar-refractivity contribution is -0.384. The number of nitro benzene ring substituents is 1. The third-order valence-electron chi connectivity index (χ3n) is 4.74. The summed E-state index contributed by atoms with van der Waals surface area (Å²) in [5.74, 6) is 0.777. The Morgan fingerprint density at radius 1 is 1.35 bits per heavy atom. The normalized spacial score (nSPS) is 31.2. The highest BCUT2D eigenvalue weighted by molar-refractivity contribution is 5.90. The number of hydrogen-bond donors (Lipinski definition) is 0. The van der Waals surface area contributed by atoms with Gasteiger partial charge in [0.05, 0.1) is 10.5 Å². The largest absolute Gasteiger partial charge is 0.455 e. The lowest BCUT2D eigenvalue weighted by Gasteiger charge is -2.33. The molecule has 2 bridgehead atoms. The fourth-order valence-electron chi connectivity index (χ4n) is 3.67. The minimum Gasteiger partial charge on any atom is -0.455 e. The van der Waals surface area contributed by atoms with E-state index in [9.17, 15) is 14.9 Å². The number of rotatable bonds is 3. The number of benzene rings is 1. The highest BCUT2D eigenvalue weighted by Crippen LogP contribution is 2.52. The van der Waals surface area contributed by atoms with Crippen molar-refractivity contribution >= 4 is 11.7 Å². The summed E-state index contributed by atoms with van der Waals surface area (Å²) < 4.78 is 5.71. The summed E-state index contributed by atoms with van der Waals surface area (Å²) in [4.78, 5) is 22.3. The van der Waals surface area contributed by atoms with Crippen molar-refractivity contribution in [1.29, 1.82) is 0 Å². The number of carbonyl (C=O) groups is 1. The van der Waals surface area contributed by atoms with Crippen molar-refractivity contribution < 1.29 is 14.5 Å². The molecular formula is C15H17NO4. The molecular weight excluding hydrogens is 258 g/mol. The van der Waals surface area contributed by atoms with Gasteiger partial charge in [-0.15, -0.1) is 0 Å². The fraction of sp³-hybridized carbons (Fsp3) is 0.533. The first-order valence-electron chi connectivity index (χ1n) is 6.96. The molecule has 2 saturated carbocycles. The van der Waals surface area contributed by atoms with Gasteiger partial charge in [0, 0.05) is 12.1 Å². The molecule has 3 rings (SSSR count). The molecule has 0 N–H and O–H groups in total. The van der Waals surface area contributed by atoms with Gasteiger partial charge in [0.2, 0.25) is 0 Å². The van der Waals surface area contributed by atoms with Crippen LogP contribution >= 0.6 is 0 Å². The van der Waals surface area contributed by atoms with Crippen LogP contribution in [-0.2, 0) is 4.74 Å². The Balaban J connectivity index is 1.72. The maximum absolute atomic E-state index is 12.2. The van der Waals surface area contributed by atoms with E-state index >= 15 is 0 Å². The molecule has 1 aromatic rings. The van der Waals surface area contributed by atoms with Gasteiger partial charge in [0.1, 0.15) is 5.60 Å². The number of ether oxygens (including phenoxy) is 1. The van der Waals surface area contributed by atoms with Gasteiger partial charge in [0.15, 0.2) is 0 Å². The molecule has 2 aliphatic rings. The minimum absolute atomic E-state index is 0.0207. The standard InChI is InChI=1S/C15H17NO4/c1-15(9-10-2-5-12(15)8-10)20-14(17)11-3-6-13(7-4-11)16(18)19/h3-4,6-7,10,12H,2,5,8-9H2,1H3/t10-,12+,15+/m0/s1. The van der Waals surface area contributed by atoms with Crippen molar-refractivity contribution in [3.63, 3.8) is 0 Å². The van der Waals surface area contributed by atoms with Crippen LogP contribution in [0.4, 0.5) is 5.69 Å². The number of fused-ring (bicyclic) bond motifs is 2. The van der Waals surface area contributed by atoms with Gasteiger partial charge < -0.3 is 4.74 Å². The topological polar surface area (TPSA) is 69.4 Å². The molecule has 5 heteroatoms. The van der Waals surface area contributed by atoms with E-state index in [2.05, 4.69) is 0 Å². The van der Waals surface area contributed by atoms with Gasteiger partial charge in [-0.25, -0.2) is 4.79 Å². The van der Waals surface area contributed by atoms with E-state index in [1.165, 1.54) is 30.7 Å². The van der Waals surface area contributed by atoms with Gasteiger partial charge in [-0.05, 0) is 56.6 Å². The van der Waals surface area contributed by atoms with Crippen molar-refractivity contribution in [3.8, 4) is 0 Å². The zero-order valence-electron chi connectivity index (χ0n) is 11.4. The Labute approximate surface area is 117 Å². The lowest BCUT2D eigenvalue weighted by Crippen LogP contribution is -2.37. The summed E-state index contributed by atoms with van der Waals surface area (Å²) in [6.07, 6.45) is 4.48. The van der Waals surface area contributed by atoms with Gasteiger partial charge in [-0.3, -0.25) is 10.1 Å². The maximum atomic E-state index is 12.2. The molecule has 0 radical (unpaired) electrons. The van der Waals surface area contributed by atoms with Crippen LogP contribution < -0.4 is 0 Å². The van der Waals surface area contributed by atoms with Crippen LogP contribution in [0, 0.1) is 22.0 Å². The summed E-state index contributed by atoms with van der Waals surface area (Å²) in [6, 6.07) is 5.58. The highest BCUT2D eigenvalue weighted by Gasteiger charge is 2.50. The number of nitrogens with zero attached hydrogens (tertiary/aromatic N) is 1. The molecule has 0 aliphatic heterocycles. The summed E-state index contributed by atoms with van der Waals surface area (Å²) in [6.45, 7) is 2.01. The van der Waals surface area contributed by atoms with Crippen molar-refractivity contribution in [1.82, 2.24) is 0 Å². The minimum atomic E-state index is -0.480. The summed E-state index contributed by atoms with van der Waals surface area (Å²) in [5, 5.41) is 10.6. The van der Waals surface area contributed by atoms with E-state index < -0.39 is 4.92 Å². The molecule has 5 nitrogen and oxygen atoms in total. The first-order chi connectivity index (χ1) is 9.48. The zero-order chi connectivity index (χ0) is 14.3. The molecule has 20 heavy (non-hydrogen) atoms. The van der Waals surface area contributed by atoms with E-state index in [1.54, 1.807) is 0 Å². The van der Waals surface area contributed by atoms with E-state index in [0.29, 0.717) is 17.4 Å². The molecule has 0 saturated heterocycles. The summed E-state index contributed by atoms with van der Waals surface area (Å²) >= 11 is 0. The molecule has 0 aromatic heterocycles. The van der Waals surface area contributed by atoms with Crippen LogP contribution in [0.3, 0.4) is 0 Å². The average molecular weight is 275 g/mol. The van der Waals surface area contributed by atoms with Crippen molar-refractivity contribution in [3.05, 3.63) is 39.9 Å². The zero-order valence-corrected chi connectivity index (χ0v) is 11.4. The maximum Gasteiger partial charge on any atom is 0.338 e. The Morgan fingerprint density at radius 3 is 2.55 bits per heavy atom. The first kappa shape index (κ1) is 13.1. The van der Waals surface area contributed by atoms with Crippen molar-refractivity contribution in [2.75, 3.05) is 0 Å². The number of carbonyl (C=O) groups excluding carboxylic acids is 1. The fourth-order valence-corrected chi connectivity index (χ4v) is 3.67. The van der Waals surface area contributed by atoms with E-state index in [4.69, 9.17) is 4.74 Å².